The fourth-order valence-corrected chi connectivity index (χ4v) is 2.26. The summed E-state index contributed by atoms with van der Waals surface area (Å²) in [6.45, 7) is 5.21. The molecule has 2 rings (SSSR count). The lowest BCUT2D eigenvalue weighted by Gasteiger charge is -2.18. The molecule has 3 nitrogen and oxygen atoms in total. The van der Waals surface area contributed by atoms with Gasteiger partial charge in [-0.2, -0.15) is 0 Å². The lowest BCUT2D eigenvalue weighted by atomic mass is 10.2. The Labute approximate surface area is 102 Å². The van der Waals surface area contributed by atoms with E-state index in [-0.39, 0.29) is 0 Å². The first-order chi connectivity index (χ1) is 7.70. The van der Waals surface area contributed by atoms with Crippen molar-refractivity contribution in [2.24, 2.45) is 5.92 Å². The van der Waals surface area contributed by atoms with Gasteiger partial charge in [0.05, 0.1) is 10.7 Å². The summed E-state index contributed by atoms with van der Waals surface area (Å²) < 4.78 is 0. The lowest BCUT2D eigenvalue weighted by molar-refractivity contribution is 0.658. The number of hydrogen-bond donors (Lipinski definition) is 1. The Morgan fingerprint density at radius 2 is 2.38 bits per heavy atom. The summed E-state index contributed by atoms with van der Waals surface area (Å²) in [5.74, 6) is 1.82. The van der Waals surface area contributed by atoms with Crippen molar-refractivity contribution in [2.45, 2.75) is 19.9 Å². The van der Waals surface area contributed by atoms with Crippen molar-refractivity contribution in [1.29, 1.82) is 0 Å². The van der Waals surface area contributed by atoms with Crippen LogP contribution in [0.5, 0.6) is 0 Å². The van der Waals surface area contributed by atoms with Crippen molar-refractivity contribution in [2.75, 3.05) is 25.0 Å². The molecule has 1 fully saturated rings. The molecular formula is C12H18ClN3. The van der Waals surface area contributed by atoms with Gasteiger partial charge in [0.2, 0.25) is 0 Å². The molecule has 0 radical (unpaired) electrons. The lowest BCUT2D eigenvalue weighted by Crippen LogP contribution is -2.21. The number of rotatable bonds is 3. The summed E-state index contributed by atoms with van der Waals surface area (Å²) in [4.78, 5) is 6.94. The molecular weight excluding hydrogens is 222 g/mol. The van der Waals surface area contributed by atoms with Gasteiger partial charge in [0.25, 0.3) is 0 Å². The number of pyridine rings is 1. The van der Waals surface area contributed by atoms with E-state index in [1.54, 1.807) is 0 Å². The fourth-order valence-electron chi connectivity index (χ4n) is 2.08. The Balaban J connectivity index is 2.18. The van der Waals surface area contributed by atoms with Gasteiger partial charge in [0.15, 0.2) is 0 Å². The van der Waals surface area contributed by atoms with Crippen LogP contribution in [0, 0.1) is 5.92 Å². The first kappa shape index (κ1) is 11.7. The minimum atomic E-state index is 0.718. The third kappa shape index (κ3) is 2.47. The maximum Gasteiger partial charge on any atom is 0.128 e. The molecule has 0 aromatic carbocycles. The number of nitrogens with zero attached hydrogens (tertiary/aromatic N) is 2. The normalized spacial score (nSPS) is 20.4. The largest absolute Gasteiger partial charge is 0.356 e. The molecule has 0 spiro atoms. The van der Waals surface area contributed by atoms with Crippen LogP contribution in [0.15, 0.2) is 12.1 Å². The second-order valence-electron chi connectivity index (χ2n) is 4.47. The van der Waals surface area contributed by atoms with Crippen LogP contribution in [0.25, 0.3) is 0 Å². The SMILES string of the molecule is CNCc1nc(N2CCC(C)C2)ccc1Cl. The number of hydrogen-bond acceptors (Lipinski definition) is 3. The first-order valence-corrected chi connectivity index (χ1v) is 6.13. The van der Waals surface area contributed by atoms with Crippen LogP contribution in [0.3, 0.4) is 0 Å². The van der Waals surface area contributed by atoms with Crippen molar-refractivity contribution < 1.29 is 0 Å². The van der Waals surface area contributed by atoms with E-state index < -0.39 is 0 Å². The van der Waals surface area contributed by atoms with E-state index in [0.29, 0.717) is 0 Å². The van der Waals surface area contributed by atoms with Gasteiger partial charge in [-0.05, 0) is 31.5 Å². The highest BCUT2D eigenvalue weighted by molar-refractivity contribution is 6.31. The van der Waals surface area contributed by atoms with E-state index >= 15 is 0 Å². The van der Waals surface area contributed by atoms with Crippen molar-refractivity contribution >= 4 is 17.4 Å². The minimum absolute atomic E-state index is 0.718. The van der Waals surface area contributed by atoms with Crippen molar-refractivity contribution in [3.8, 4) is 0 Å². The molecule has 0 bridgehead atoms. The fraction of sp³-hybridized carbons (Fsp3) is 0.583. The third-order valence-corrected chi connectivity index (χ3v) is 3.34. The Morgan fingerprint density at radius 1 is 1.56 bits per heavy atom. The molecule has 88 valence electrons. The standard InChI is InChI=1S/C12H18ClN3/c1-9-5-6-16(8-9)12-4-3-10(13)11(15-12)7-14-2/h3-4,9,14H,5-8H2,1-2H3. The molecule has 1 aliphatic rings. The van der Waals surface area contributed by atoms with E-state index in [0.717, 1.165) is 42.1 Å². The number of aromatic nitrogens is 1. The van der Waals surface area contributed by atoms with Crippen LogP contribution in [-0.2, 0) is 6.54 Å². The average molecular weight is 240 g/mol. The van der Waals surface area contributed by atoms with Gasteiger partial charge < -0.3 is 10.2 Å². The third-order valence-electron chi connectivity index (χ3n) is 3.00. The number of anilines is 1. The van der Waals surface area contributed by atoms with Gasteiger partial charge in [-0.3, -0.25) is 0 Å². The summed E-state index contributed by atoms with van der Waals surface area (Å²) in [7, 11) is 1.91. The highest BCUT2D eigenvalue weighted by atomic mass is 35.5. The minimum Gasteiger partial charge on any atom is -0.356 e. The molecule has 1 atom stereocenters. The summed E-state index contributed by atoms with van der Waals surface area (Å²) in [6, 6.07) is 3.96. The Hall–Kier alpha value is -0.800. The predicted molar refractivity (Wildman–Crippen MR) is 68.0 cm³/mol. The van der Waals surface area contributed by atoms with E-state index in [2.05, 4.69) is 22.1 Å². The molecule has 16 heavy (non-hydrogen) atoms. The number of halogens is 1. The summed E-state index contributed by atoms with van der Waals surface area (Å²) in [5.41, 5.74) is 0.932. The van der Waals surface area contributed by atoms with E-state index in [9.17, 15) is 0 Å². The zero-order valence-electron chi connectivity index (χ0n) is 9.83. The van der Waals surface area contributed by atoms with Gasteiger partial charge in [-0.15, -0.1) is 0 Å². The van der Waals surface area contributed by atoms with Gasteiger partial charge in [-0.25, -0.2) is 4.98 Å². The van der Waals surface area contributed by atoms with Crippen molar-refractivity contribution in [3.63, 3.8) is 0 Å². The van der Waals surface area contributed by atoms with E-state index in [1.807, 2.05) is 19.2 Å². The average Bonchev–Trinajstić information content (AvgIpc) is 2.69. The Morgan fingerprint density at radius 3 is 3.00 bits per heavy atom. The molecule has 1 aromatic rings. The van der Waals surface area contributed by atoms with Crippen molar-refractivity contribution in [1.82, 2.24) is 10.3 Å². The van der Waals surface area contributed by atoms with Crippen LogP contribution < -0.4 is 10.2 Å². The number of nitrogens with one attached hydrogen (secondary N) is 1. The molecule has 0 amide bonds. The molecule has 1 aromatic heterocycles. The second kappa shape index (κ2) is 5.02. The molecule has 1 N–H and O–H groups in total. The molecule has 1 unspecified atom stereocenters. The highest BCUT2D eigenvalue weighted by Crippen LogP contribution is 2.24. The highest BCUT2D eigenvalue weighted by Gasteiger charge is 2.20. The molecule has 1 saturated heterocycles. The van der Waals surface area contributed by atoms with E-state index in [1.165, 1.54) is 6.42 Å². The van der Waals surface area contributed by atoms with Gasteiger partial charge in [-0.1, -0.05) is 18.5 Å². The molecule has 2 heterocycles. The summed E-state index contributed by atoms with van der Waals surface area (Å²) in [5, 5.41) is 3.83. The molecule has 0 aliphatic carbocycles. The van der Waals surface area contributed by atoms with Gasteiger partial charge in [0.1, 0.15) is 5.82 Å². The molecule has 4 heteroatoms. The predicted octanol–water partition coefficient (Wildman–Crippen LogP) is 2.30. The van der Waals surface area contributed by atoms with Crippen LogP contribution in [-0.4, -0.2) is 25.1 Å². The molecule has 1 aliphatic heterocycles. The second-order valence-corrected chi connectivity index (χ2v) is 4.88. The van der Waals surface area contributed by atoms with Crippen LogP contribution in [0.1, 0.15) is 19.0 Å². The van der Waals surface area contributed by atoms with E-state index in [4.69, 9.17) is 11.6 Å². The van der Waals surface area contributed by atoms with Crippen LogP contribution in [0.4, 0.5) is 5.82 Å². The maximum absolute atomic E-state index is 6.09. The zero-order valence-corrected chi connectivity index (χ0v) is 10.6. The topological polar surface area (TPSA) is 28.2 Å². The quantitative estimate of drug-likeness (QED) is 0.878. The monoisotopic (exact) mass is 239 g/mol. The van der Waals surface area contributed by atoms with Crippen molar-refractivity contribution in [3.05, 3.63) is 22.8 Å². The van der Waals surface area contributed by atoms with Gasteiger partial charge >= 0.3 is 0 Å². The summed E-state index contributed by atoms with van der Waals surface area (Å²) in [6.07, 6.45) is 1.26. The Kier molecular flexibility index (Phi) is 3.66. The van der Waals surface area contributed by atoms with Gasteiger partial charge in [0, 0.05) is 19.6 Å². The van der Waals surface area contributed by atoms with Crippen LogP contribution >= 0.6 is 11.6 Å². The van der Waals surface area contributed by atoms with Crippen LogP contribution in [0.2, 0.25) is 5.02 Å². The summed E-state index contributed by atoms with van der Waals surface area (Å²) >= 11 is 6.09. The smallest absolute Gasteiger partial charge is 0.128 e. The Bertz CT molecular complexity index is 367. The maximum atomic E-state index is 6.09. The zero-order chi connectivity index (χ0) is 11.5. The first-order valence-electron chi connectivity index (χ1n) is 5.75. The molecule has 0 saturated carbocycles.